The van der Waals surface area contributed by atoms with Crippen molar-refractivity contribution in [3.8, 4) is 0 Å². The summed E-state index contributed by atoms with van der Waals surface area (Å²) in [5.41, 5.74) is 0.457. The summed E-state index contributed by atoms with van der Waals surface area (Å²) < 4.78 is 25.7. The number of amides is 1. The van der Waals surface area contributed by atoms with Gasteiger partial charge in [0.25, 0.3) is 5.91 Å². The van der Waals surface area contributed by atoms with E-state index in [1.807, 2.05) is 6.92 Å². The molecule has 1 amide bonds. The van der Waals surface area contributed by atoms with E-state index in [2.05, 4.69) is 10.0 Å². The Kier molecular flexibility index (Phi) is 5.30. The molecule has 2 N–H and O–H groups in total. The van der Waals surface area contributed by atoms with Gasteiger partial charge in [0.2, 0.25) is 10.0 Å². The highest BCUT2D eigenvalue weighted by molar-refractivity contribution is 7.89. The van der Waals surface area contributed by atoms with E-state index >= 15 is 0 Å². The van der Waals surface area contributed by atoms with Crippen molar-refractivity contribution in [3.05, 3.63) is 29.8 Å². The first-order valence-electron chi connectivity index (χ1n) is 5.89. The second-order valence-corrected chi connectivity index (χ2v) is 5.55. The van der Waals surface area contributed by atoms with Gasteiger partial charge in [0.15, 0.2) is 0 Å². The molecule has 1 aromatic rings. The first-order valence-corrected chi connectivity index (χ1v) is 7.37. The highest BCUT2D eigenvalue weighted by atomic mass is 32.2. The van der Waals surface area contributed by atoms with Crippen LogP contribution in [-0.4, -0.2) is 27.4 Å². The van der Waals surface area contributed by atoms with Gasteiger partial charge in [-0.3, -0.25) is 4.79 Å². The van der Waals surface area contributed by atoms with Gasteiger partial charge in [-0.2, -0.15) is 0 Å². The zero-order chi connectivity index (χ0) is 13.6. The predicted octanol–water partition coefficient (Wildman–Crippen LogP) is 1.12. The summed E-state index contributed by atoms with van der Waals surface area (Å²) in [7, 11) is -3.45. The van der Waals surface area contributed by atoms with Crippen LogP contribution in [-0.2, 0) is 10.0 Å². The molecule has 0 spiro atoms. The minimum atomic E-state index is -3.45. The fourth-order valence-electron chi connectivity index (χ4n) is 1.40. The van der Waals surface area contributed by atoms with Crippen molar-refractivity contribution >= 4 is 15.9 Å². The molecule has 5 nitrogen and oxygen atoms in total. The lowest BCUT2D eigenvalue weighted by molar-refractivity contribution is 0.0953. The SMILES string of the molecule is CCCNC(=O)c1ccc(S(=O)(=O)NCC)cc1. The number of sulfonamides is 1. The zero-order valence-electron chi connectivity index (χ0n) is 10.6. The van der Waals surface area contributed by atoms with Crippen molar-refractivity contribution < 1.29 is 13.2 Å². The normalized spacial score (nSPS) is 11.2. The quantitative estimate of drug-likeness (QED) is 0.813. The summed E-state index contributed by atoms with van der Waals surface area (Å²) in [5, 5.41) is 2.73. The molecule has 0 aliphatic carbocycles. The molecule has 0 aliphatic heterocycles. The molecule has 100 valence electrons. The Morgan fingerprint density at radius 1 is 1.17 bits per heavy atom. The second kappa shape index (κ2) is 6.51. The Morgan fingerprint density at radius 3 is 2.28 bits per heavy atom. The molecule has 0 heterocycles. The number of nitrogens with one attached hydrogen (secondary N) is 2. The van der Waals surface area contributed by atoms with Crippen LogP contribution in [0.4, 0.5) is 0 Å². The molecule has 6 heteroatoms. The third kappa shape index (κ3) is 3.82. The largest absolute Gasteiger partial charge is 0.352 e. The fourth-order valence-corrected chi connectivity index (χ4v) is 2.44. The molecule has 0 aromatic heterocycles. The van der Waals surface area contributed by atoms with Gasteiger partial charge in [0.1, 0.15) is 0 Å². The number of benzene rings is 1. The number of hydrogen-bond donors (Lipinski definition) is 2. The van der Waals surface area contributed by atoms with Crippen molar-refractivity contribution in [2.45, 2.75) is 25.2 Å². The van der Waals surface area contributed by atoms with E-state index < -0.39 is 10.0 Å². The number of carbonyl (C=O) groups is 1. The molecule has 0 bridgehead atoms. The molecular weight excluding hydrogens is 252 g/mol. The van der Waals surface area contributed by atoms with Crippen LogP contribution in [0.2, 0.25) is 0 Å². The van der Waals surface area contributed by atoms with E-state index in [1.165, 1.54) is 24.3 Å². The lowest BCUT2D eigenvalue weighted by Crippen LogP contribution is -2.25. The molecular formula is C12H18N2O3S. The minimum Gasteiger partial charge on any atom is -0.352 e. The third-order valence-electron chi connectivity index (χ3n) is 2.30. The molecule has 1 aromatic carbocycles. The maximum atomic E-state index is 11.7. The van der Waals surface area contributed by atoms with Crippen LogP contribution in [0.15, 0.2) is 29.2 Å². The van der Waals surface area contributed by atoms with Crippen LogP contribution in [0.25, 0.3) is 0 Å². The summed E-state index contributed by atoms with van der Waals surface area (Å²) in [6.45, 7) is 4.62. The minimum absolute atomic E-state index is 0.163. The van der Waals surface area contributed by atoms with Crippen LogP contribution in [0.5, 0.6) is 0 Å². The number of rotatable bonds is 6. The first-order chi connectivity index (χ1) is 8.51. The molecule has 0 radical (unpaired) electrons. The topological polar surface area (TPSA) is 75.3 Å². The maximum Gasteiger partial charge on any atom is 0.251 e. The van der Waals surface area contributed by atoms with Gasteiger partial charge in [-0.05, 0) is 30.7 Å². The molecule has 18 heavy (non-hydrogen) atoms. The molecule has 0 fully saturated rings. The van der Waals surface area contributed by atoms with Gasteiger partial charge in [-0.25, -0.2) is 13.1 Å². The van der Waals surface area contributed by atoms with Crippen molar-refractivity contribution in [2.75, 3.05) is 13.1 Å². The van der Waals surface area contributed by atoms with Gasteiger partial charge in [-0.1, -0.05) is 13.8 Å². The summed E-state index contributed by atoms with van der Waals surface area (Å²) in [6, 6.07) is 5.88. The van der Waals surface area contributed by atoms with E-state index in [0.717, 1.165) is 6.42 Å². The molecule has 1 rings (SSSR count). The zero-order valence-corrected chi connectivity index (χ0v) is 11.4. The molecule has 0 atom stereocenters. The second-order valence-electron chi connectivity index (χ2n) is 3.78. The Hall–Kier alpha value is -1.40. The maximum absolute atomic E-state index is 11.7. The van der Waals surface area contributed by atoms with E-state index in [0.29, 0.717) is 18.7 Å². The van der Waals surface area contributed by atoms with Gasteiger partial charge in [-0.15, -0.1) is 0 Å². The molecule has 0 aliphatic rings. The van der Waals surface area contributed by atoms with Crippen LogP contribution >= 0.6 is 0 Å². The highest BCUT2D eigenvalue weighted by Gasteiger charge is 2.13. The predicted molar refractivity (Wildman–Crippen MR) is 69.9 cm³/mol. The average molecular weight is 270 g/mol. The standard InChI is InChI=1S/C12H18N2O3S/c1-3-9-13-12(15)10-5-7-11(8-6-10)18(16,17)14-4-2/h5-8,14H,3-4,9H2,1-2H3,(H,13,15). The Labute approximate surface area is 108 Å². The van der Waals surface area contributed by atoms with Gasteiger partial charge in [0, 0.05) is 18.7 Å². The summed E-state index contributed by atoms with van der Waals surface area (Å²) in [5.74, 6) is -0.191. The van der Waals surface area contributed by atoms with Crippen LogP contribution in [0.3, 0.4) is 0 Å². The Bertz CT molecular complexity index is 495. The van der Waals surface area contributed by atoms with Crippen molar-refractivity contribution in [1.29, 1.82) is 0 Å². The van der Waals surface area contributed by atoms with Gasteiger partial charge in [0.05, 0.1) is 4.90 Å². The van der Waals surface area contributed by atoms with Crippen molar-refractivity contribution in [3.63, 3.8) is 0 Å². The summed E-state index contributed by atoms with van der Waals surface area (Å²) in [4.78, 5) is 11.8. The van der Waals surface area contributed by atoms with Crippen molar-refractivity contribution in [1.82, 2.24) is 10.0 Å². The number of hydrogen-bond acceptors (Lipinski definition) is 3. The summed E-state index contributed by atoms with van der Waals surface area (Å²) >= 11 is 0. The Morgan fingerprint density at radius 2 is 1.78 bits per heavy atom. The van der Waals surface area contributed by atoms with Crippen molar-refractivity contribution in [2.24, 2.45) is 0 Å². The number of carbonyl (C=O) groups excluding carboxylic acids is 1. The Balaban J connectivity index is 2.83. The van der Waals surface area contributed by atoms with E-state index in [-0.39, 0.29) is 10.8 Å². The highest BCUT2D eigenvalue weighted by Crippen LogP contribution is 2.10. The smallest absolute Gasteiger partial charge is 0.251 e. The fraction of sp³-hybridized carbons (Fsp3) is 0.417. The van der Waals surface area contributed by atoms with Crippen LogP contribution in [0, 0.1) is 0 Å². The van der Waals surface area contributed by atoms with Gasteiger partial charge < -0.3 is 5.32 Å². The molecule has 0 saturated carbocycles. The van der Waals surface area contributed by atoms with Crippen LogP contribution in [0.1, 0.15) is 30.6 Å². The lowest BCUT2D eigenvalue weighted by Gasteiger charge is -2.06. The monoisotopic (exact) mass is 270 g/mol. The lowest BCUT2D eigenvalue weighted by atomic mass is 10.2. The van der Waals surface area contributed by atoms with Gasteiger partial charge >= 0.3 is 0 Å². The van der Waals surface area contributed by atoms with E-state index in [1.54, 1.807) is 6.92 Å². The van der Waals surface area contributed by atoms with Crippen LogP contribution < -0.4 is 10.0 Å². The molecule has 0 saturated heterocycles. The average Bonchev–Trinajstić information content (AvgIpc) is 2.36. The van der Waals surface area contributed by atoms with E-state index in [4.69, 9.17) is 0 Å². The third-order valence-corrected chi connectivity index (χ3v) is 3.86. The first kappa shape index (κ1) is 14.7. The van der Waals surface area contributed by atoms with E-state index in [9.17, 15) is 13.2 Å². The molecule has 0 unspecified atom stereocenters. The summed E-state index contributed by atoms with van der Waals surface area (Å²) in [6.07, 6.45) is 0.860.